The number of carbonyl (C=O) groups is 1. The average Bonchev–Trinajstić information content (AvgIpc) is 2.35. The molecule has 0 aliphatic rings. The minimum Gasteiger partial charge on any atom is -0.369 e. The number of rotatable bonds is 5. The summed E-state index contributed by atoms with van der Waals surface area (Å²) in [6.45, 7) is 16.3. The third kappa shape index (κ3) is 5.30. The third-order valence-corrected chi connectivity index (χ3v) is 3.61. The molecule has 0 bridgehead atoms. The summed E-state index contributed by atoms with van der Waals surface area (Å²) in [4.78, 5) is 11.6. The minimum absolute atomic E-state index is 0.00760. The molecule has 0 saturated heterocycles. The fraction of sp³-hybridized carbons (Fsp3) is 0.526. The smallest absolute Gasteiger partial charge is 0.248 e. The Hall–Kier alpha value is -1.61. The first-order valence-electron chi connectivity index (χ1n) is 7.67. The maximum absolute atomic E-state index is 11.6. The molecule has 1 amide bonds. The van der Waals surface area contributed by atoms with Crippen LogP contribution >= 0.6 is 0 Å². The lowest BCUT2D eigenvalue weighted by atomic mass is 9.72. The van der Waals surface area contributed by atoms with Crippen molar-refractivity contribution in [3.8, 4) is 0 Å². The number of benzene rings is 1. The Kier molecular flexibility index (Phi) is 5.58. The molecule has 0 aliphatic carbocycles. The highest BCUT2D eigenvalue weighted by Crippen LogP contribution is 2.36. The van der Waals surface area contributed by atoms with E-state index in [4.69, 9.17) is 0 Å². The van der Waals surface area contributed by atoms with Crippen LogP contribution in [0.4, 0.5) is 0 Å². The summed E-state index contributed by atoms with van der Waals surface area (Å²) in [6.07, 6.45) is 0.00657. The second-order valence-electron chi connectivity index (χ2n) is 7.90. The van der Waals surface area contributed by atoms with Gasteiger partial charge in [0.1, 0.15) is 0 Å². The van der Waals surface area contributed by atoms with Gasteiger partial charge in [0.15, 0.2) is 6.23 Å². The quantitative estimate of drug-likeness (QED) is 0.636. The summed E-state index contributed by atoms with van der Waals surface area (Å²) in [6, 6.07) is 7.78. The van der Waals surface area contributed by atoms with Crippen molar-refractivity contribution in [2.75, 3.05) is 0 Å². The molecule has 0 radical (unpaired) electrons. The number of carbonyl (C=O) groups excluding carboxylic acids is 1. The first-order valence-corrected chi connectivity index (χ1v) is 7.67. The van der Waals surface area contributed by atoms with Crippen LogP contribution in [0.15, 0.2) is 36.4 Å². The molecule has 0 aliphatic heterocycles. The first-order chi connectivity index (χ1) is 9.92. The maximum atomic E-state index is 11.6. The van der Waals surface area contributed by atoms with E-state index in [0.29, 0.717) is 11.1 Å². The van der Waals surface area contributed by atoms with Crippen molar-refractivity contribution in [2.45, 2.75) is 59.6 Å². The van der Waals surface area contributed by atoms with Crippen molar-refractivity contribution in [2.24, 2.45) is 5.41 Å². The average molecular weight is 303 g/mol. The van der Waals surface area contributed by atoms with Gasteiger partial charge in [-0.2, -0.15) is 0 Å². The molecule has 1 aromatic rings. The van der Waals surface area contributed by atoms with E-state index < -0.39 is 6.23 Å². The van der Waals surface area contributed by atoms with Crippen LogP contribution in [0.25, 0.3) is 0 Å². The van der Waals surface area contributed by atoms with Gasteiger partial charge in [-0.3, -0.25) is 4.79 Å². The monoisotopic (exact) mass is 303 g/mol. The Labute approximate surface area is 134 Å². The first kappa shape index (κ1) is 18.4. The second kappa shape index (κ2) is 6.66. The highest BCUT2D eigenvalue weighted by molar-refractivity contribution is 5.92. The Bertz CT molecular complexity index is 553. The van der Waals surface area contributed by atoms with E-state index in [9.17, 15) is 9.90 Å². The van der Waals surface area contributed by atoms with Gasteiger partial charge in [0.25, 0.3) is 0 Å². The summed E-state index contributed by atoms with van der Waals surface area (Å²) >= 11 is 0. The predicted molar refractivity (Wildman–Crippen MR) is 91.5 cm³/mol. The SMILES string of the molecule is C=C(C)C(=O)NC(O)c1cccc(C(C)(C)CC(C)(C)C)c1. The lowest BCUT2D eigenvalue weighted by molar-refractivity contribution is -0.120. The molecule has 0 spiro atoms. The fourth-order valence-electron chi connectivity index (χ4n) is 2.89. The van der Waals surface area contributed by atoms with E-state index in [2.05, 4.69) is 52.6 Å². The zero-order valence-electron chi connectivity index (χ0n) is 14.7. The highest BCUT2D eigenvalue weighted by atomic mass is 16.3. The van der Waals surface area contributed by atoms with E-state index in [0.717, 1.165) is 12.0 Å². The lowest BCUT2D eigenvalue weighted by Gasteiger charge is -2.33. The van der Waals surface area contributed by atoms with Crippen molar-refractivity contribution >= 4 is 5.91 Å². The summed E-state index contributed by atoms with van der Waals surface area (Å²) in [5.41, 5.74) is 2.43. The van der Waals surface area contributed by atoms with Crippen molar-refractivity contribution in [1.29, 1.82) is 0 Å². The van der Waals surface area contributed by atoms with Crippen LogP contribution in [0.5, 0.6) is 0 Å². The molecule has 0 heterocycles. The highest BCUT2D eigenvalue weighted by Gasteiger charge is 2.27. The van der Waals surface area contributed by atoms with Gasteiger partial charge in [0.05, 0.1) is 0 Å². The van der Waals surface area contributed by atoms with Crippen LogP contribution in [-0.2, 0) is 10.2 Å². The number of aliphatic hydroxyl groups excluding tert-OH is 1. The van der Waals surface area contributed by atoms with Crippen molar-refractivity contribution in [3.63, 3.8) is 0 Å². The third-order valence-electron chi connectivity index (χ3n) is 3.61. The summed E-state index contributed by atoms with van der Waals surface area (Å²) in [5.74, 6) is -0.341. The van der Waals surface area contributed by atoms with Crippen LogP contribution in [0, 0.1) is 5.41 Å². The fourth-order valence-corrected chi connectivity index (χ4v) is 2.89. The van der Waals surface area contributed by atoms with E-state index in [1.807, 2.05) is 18.2 Å². The van der Waals surface area contributed by atoms with E-state index in [-0.39, 0.29) is 16.7 Å². The van der Waals surface area contributed by atoms with Gasteiger partial charge < -0.3 is 10.4 Å². The molecule has 1 unspecified atom stereocenters. The standard InChI is InChI=1S/C19H29NO2/c1-13(2)16(21)20-17(22)14-9-8-10-15(11-14)19(6,7)12-18(3,4)5/h8-11,17,22H,1,12H2,2-7H3,(H,20,21). The second-order valence-corrected chi connectivity index (χ2v) is 7.90. The van der Waals surface area contributed by atoms with Crippen LogP contribution in [0.2, 0.25) is 0 Å². The van der Waals surface area contributed by atoms with Gasteiger partial charge >= 0.3 is 0 Å². The Morgan fingerprint density at radius 2 is 1.86 bits per heavy atom. The molecule has 22 heavy (non-hydrogen) atoms. The lowest BCUT2D eigenvalue weighted by Crippen LogP contribution is -2.29. The molecule has 1 aromatic carbocycles. The van der Waals surface area contributed by atoms with Crippen LogP contribution in [0.3, 0.4) is 0 Å². The van der Waals surface area contributed by atoms with Gasteiger partial charge in [-0.1, -0.05) is 65.5 Å². The summed E-state index contributed by atoms with van der Waals surface area (Å²) in [5, 5.41) is 12.7. The number of nitrogens with one attached hydrogen (secondary N) is 1. The van der Waals surface area contributed by atoms with E-state index in [1.54, 1.807) is 6.92 Å². The van der Waals surface area contributed by atoms with Crippen LogP contribution < -0.4 is 5.32 Å². The Balaban J connectivity index is 2.99. The topological polar surface area (TPSA) is 49.3 Å². The molecular weight excluding hydrogens is 274 g/mol. The van der Waals surface area contributed by atoms with Crippen LogP contribution in [-0.4, -0.2) is 11.0 Å². The summed E-state index contributed by atoms with van der Waals surface area (Å²) in [7, 11) is 0. The van der Waals surface area contributed by atoms with E-state index in [1.165, 1.54) is 0 Å². The molecule has 3 nitrogen and oxygen atoms in total. The van der Waals surface area contributed by atoms with Gasteiger partial charge in [0, 0.05) is 11.1 Å². The molecular formula is C19H29NO2. The van der Waals surface area contributed by atoms with Crippen LogP contribution in [0.1, 0.15) is 65.3 Å². The van der Waals surface area contributed by atoms with Crippen molar-refractivity contribution < 1.29 is 9.90 Å². The molecule has 3 heteroatoms. The van der Waals surface area contributed by atoms with E-state index >= 15 is 0 Å². The number of amides is 1. The Morgan fingerprint density at radius 3 is 2.36 bits per heavy atom. The zero-order chi connectivity index (χ0) is 17.1. The molecule has 0 saturated carbocycles. The molecule has 1 atom stereocenters. The molecule has 122 valence electrons. The largest absolute Gasteiger partial charge is 0.369 e. The summed E-state index contributed by atoms with van der Waals surface area (Å²) < 4.78 is 0. The molecule has 2 N–H and O–H groups in total. The maximum Gasteiger partial charge on any atom is 0.248 e. The van der Waals surface area contributed by atoms with Crippen molar-refractivity contribution in [1.82, 2.24) is 5.32 Å². The zero-order valence-corrected chi connectivity index (χ0v) is 14.7. The molecule has 0 aromatic heterocycles. The minimum atomic E-state index is -1.02. The van der Waals surface area contributed by atoms with Crippen molar-refractivity contribution in [3.05, 3.63) is 47.5 Å². The number of aliphatic hydroxyl groups is 1. The molecule has 0 fully saturated rings. The predicted octanol–water partition coefficient (Wildman–Crippen LogP) is 4.08. The van der Waals surface area contributed by atoms with Gasteiger partial charge in [-0.15, -0.1) is 0 Å². The Morgan fingerprint density at radius 1 is 1.27 bits per heavy atom. The normalized spacial score (nSPS) is 13.6. The number of hydrogen-bond acceptors (Lipinski definition) is 2. The van der Waals surface area contributed by atoms with Gasteiger partial charge in [0.2, 0.25) is 5.91 Å². The number of hydrogen-bond donors (Lipinski definition) is 2. The van der Waals surface area contributed by atoms with Gasteiger partial charge in [-0.25, -0.2) is 0 Å². The van der Waals surface area contributed by atoms with Gasteiger partial charge in [-0.05, 0) is 29.7 Å². The molecule has 1 rings (SSSR count).